The molecule has 0 bridgehead atoms. The summed E-state index contributed by atoms with van der Waals surface area (Å²) in [5.74, 6) is -0.00441. The van der Waals surface area contributed by atoms with Crippen LogP contribution in [0.25, 0.3) is 17.2 Å². The molecule has 1 atom stereocenters. The second-order valence-electron chi connectivity index (χ2n) is 8.55. The van der Waals surface area contributed by atoms with Gasteiger partial charge >= 0.3 is 0 Å². The van der Waals surface area contributed by atoms with Gasteiger partial charge in [0.1, 0.15) is 17.2 Å². The molecule has 2 aliphatic heterocycles. The fourth-order valence-corrected chi connectivity index (χ4v) is 4.47. The Morgan fingerprint density at radius 1 is 1.16 bits per heavy atom. The number of halogens is 2. The molecule has 1 unspecified atom stereocenters. The van der Waals surface area contributed by atoms with Gasteiger partial charge in [-0.1, -0.05) is 0 Å². The van der Waals surface area contributed by atoms with Crippen LogP contribution < -0.4 is 15.5 Å². The summed E-state index contributed by atoms with van der Waals surface area (Å²) in [6.45, 7) is 3.03. The fraction of sp³-hybridized carbons (Fsp3) is 0.500. The first-order chi connectivity index (χ1) is 15.6. The van der Waals surface area contributed by atoms with Crippen LogP contribution in [0.5, 0.6) is 0 Å². The van der Waals surface area contributed by atoms with E-state index in [-0.39, 0.29) is 36.0 Å². The van der Waals surface area contributed by atoms with Gasteiger partial charge in [-0.2, -0.15) is 4.39 Å². The minimum Gasteiger partial charge on any atom is -0.396 e. The van der Waals surface area contributed by atoms with Gasteiger partial charge in [-0.05, 0) is 50.3 Å². The molecule has 170 valence electrons. The highest BCUT2D eigenvalue weighted by molar-refractivity contribution is 5.63. The van der Waals surface area contributed by atoms with E-state index in [1.165, 1.54) is 12.3 Å². The van der Waals surface area contributed by atoms with E-state index in [1.54, 1.807) is 16.7 Å². The van der Waals surface area contributed by atoms with E-state index in [4.69, 9.17) is 0 Å². The van der Waals surface area contributed by atoms with Crippen LogP contribution in [0, 0.1) is 17.6 Å². The first-order valence-corrected chi connectivity index (χ1v) is 11.2. The van der Waals surface area contributed by atoms with Crippen molar-refractivity contribution in [2.45, 2.75) is 31.7 Å². The first-order valence-electron chi connectivity index (χ1n) is 11.2. The molecule has 8 nitrogen and oxygen atoms in total. The Morgan fingerprint density at radius 2 is 2.00 bits per heavy atom. The van der Waals surface area contributed by atoms with E-state index in [9.17, 15) is 9.50 Å². The second kappa shape index (κ2) is 8.95. The average Bonchev–Trinajstić information content (AvgIpc) is 3.24. The second-order valence-corrected chi connectivity index (χ2v) is 8.55. The normalized spacial score (nSPS) is 20.1. The molecule has 2 saturated heterocycles. The lowest BCUT2D eigenvalue weighted by atomic mass is 9.98. The Morgan fingerprint density at radius 3 is 2.75 bits per heavy atom. The van der Waals surface area contributed by atoms with Gasteiger partial charge in [0.25, 0.3) is 0 Å². The largest absolute Gasteiger partial charge is 0.396 e. The number of fused-ring (bicyclic) bond motifs is 1. The van der Waals surface area contributed by atoms with Crippen LogP contribution in [0.3, 0.4) is 0 Å². The number of hydrogen-bond acceptors (Lipinski definition) is 7. The zero-order valence-corrected chi connectivity index (χ0v) is 17.8. The van der Waals surface area contributed by atoms with Gasteiger partial charge in [-0.3, -0.25) is 4.40 Å². The topological polar surface area (TPSA) is 90.6 Å². The van der Waals surface area contributed by atoms with Crippen LogP contribution in [0.4, 0.5) is 20.4 Å². The van der Waals surface area contributed by atoms with Crippen LogP contribution in [-0.2, 0) is 0 Å². The Balaban J connectivity index is 1.56. The molecule has 5 heterocycles. The number of imidazole rings is 1. The molecule has 0 radical (unpaired) electrons. The number of piperidine rings is 2. The highest BCUT2D eigenvalue weighted by Gasteiger charge is 2.27. The van der Waals surface area contributed by atoms with E-state index in [0.717, 1.165) is 38.8 Å². The van der Waals surface area contributed by atoms with Gasteiger partial charge in [-0.15, -0.1) is 0 Å². The highest BCUT2D eigenvalue weighted by Crippen LogP contribution is 2.31. The first kappa shape index (κ1) is 21.0. The van der Waals surface area contributed by atoms with Crippen molar-refractivity contribution in [1.82, 2.24) is 24.7 Å². The standard InChI is InChI=1S/C22H27F2N7O/c23-15-3-4-18-26-11-17(31(18)12-15)20-28-21(27-16-2-1-7-25-10-16)19(24)22(29-20)30-8-5-14(13-32)6-9-30/h3-4,11-12,14,16,25,32H,1-2,5-10,13H2,(H,27,28,29). The quantitative estimate of drug-likeness (QED) is 0.558. The van der Waals surface area contributed by atoms with Gasteiger partial charge in [0.2, 0.25) is 5.82 Å². The van der Waals surface area contributed by atoms with Crippen LogP contribution in [0.15, 0.2) is 24.5 Å². The van der Waals surface area contributed by atoms with Crippen molar-refractivity contribution in [2.24, 2.45) is 5.92 Å². The van der Waals surface area contributed by atoms with E-state index < -0.39 is 11.6 Å². The summed E-state index contributed by atoms with van der Waals surface area (Å²) in [4.78, 5) is 15.3. The maximum atomic E-state index is 15.6. The average molecular weight is 444 g/mol. The van der Waals surface area contributed by atoms with Gasteiger partial charge in [-0.25, -0.2) is 19.3 Å². The third-order valence-electron chi connectivity index (χ3n) is 6.34. The third kappa shape index (κ3) is 4.12. The molecule has 5 rings (SSSR count). The Hall–Kier alpha value is -2.85. The monoisotopic (exact) mass is 443 g/mol. The lowest BCUT2D eigenvalue weighted by Crippen LogP contribution is -2.39. The summed E-state index contributed by atoms with van der Waals surface area (Å²) < 4.78 is 31.1. The SMILES string of the molecule is OCC1CCN(c2nc(-c3cnc4ccc(F)cn34)nc(NC3CCCNC3)c2F)CC1. The predicted molar refractivity (Wildman–Crippen MR) is 118 cm³/mol. The summed E-state index contributed by atoms with van der Waals surface area (Å²) in [6.07, 6.45) is 6.37. The number of pyridine rings is 1. The van der Waals surface area contributed by atoms with E-state index in [1.807, 2.05) is 4.90 Å². The lowest BCUT2D eigenvalue weighted by Gasteiger charge is -2.33. The van der Waals surface area contributed by atoms with Crippen LogP contribution in [-0.4, -0.2) is 63.3 Å². The van der Waals surface area contributed by atoms with Crippen molar-refractivity contribution in [3.8, 4) is 11.5 Å². The van der Waals surface area contributed by atoms with Crippen LogP contribution in [0.1, 0.15) is 25.7 Å². The third-order valence-corrected chi connectivity index (χ3v) is 6.34. The zero-order chi connectivity index (χ0) is 22.1. The van der Waals surface area contributed by atoms with Gasteiger partial charge < -0.3 is 20.6 Å². The molecule has 10 heteroatoms. The molecular weight excluding hydrogens is 416 g/mol. The molecule has 0 saturated carbocycles. The molecular formula is C22H27F2N7O. The van der Waals surface area contributed by atoms with Crippen molar-refractivity contribution in [3.63, 3.8) is 0 Å². The molecule has 0 spiro atoms. The molecule has 3 aromatic heterocycles. The maximum Gasteiger partial charge on any atom is 0.207 e. The van der Waals surface area contributed by atoms with Crippen molar-refractivity contribution in [2.75, 3.05) is 43.0 Å². The van der Waals surface area contributed by atoms with Crippen molar-refractivity contribution >= 4 is 17.3 Å². The summed E-state index contributed by atoms with van der Waals surface area (Å²) in [5, 5.41) is 16.0. The van der Waals surface area contributed by atoms with Crippen LogP contribution in [0.2, 0.25) is 0 Å². The van der Waals surface area contributed by atoms with E-state index in [2.05, 4.69) is 25.6 Å². The Bertz CT molecular complexity index is 1090. The molecule has 0 aromatic carbocycles. The van der Waals surface area contributed by atoms with Crippen LogP contribution >= 0.6 is 0 Å². The molecule has 0 aliphatic carbocycles. The Kier molecular flexibility index (Phi) is 5.88. The minimum absolute atomic E-state index is 0.0635. The molecule has 3 aromatic rings. The fourth-order valence-electron chi connectivity index (χ4n) is 4.47. The number of aromatic nitrogens is 4. The summed E-state index contributed by atoms with van der Waals surface area (Å²) in [6, 6.07) is 2.99. The van der Waals surface area contributed by atoms with E-state index >= 15 is 4.39 Å². The minimum atomic E-state index is -0.484. The van der Waals surface area contributed by atoms with Crippen molar-refractivity contribution < 1.29 is 13.9 Å². The molecule has 32 heavy (non-hydrogen) atoms. The molecule has 3 N–H and O–H groups in total. The molecule has 0 amide bonds. The smallest absolute Gasteiger partial charge is 0.207 e. The summed E-state index contributed by atoms with van der Waals surface area (Å²) in [7, 11) is 0. The lowest BCUT2D eigenvalue weighted by molar-refractivity contribution is 0.202. The number of rotatable bonds is 5. The van der Waals surface area contributed by atoms with Gasteiger partial charge in [0, 0.05) is 38.5 Å². The highest BCUT2D eigenvalue weighted by atomic mass is 19.1. The number of nitrogens with one attached hydrogen (secondary N) is 2. The number of hydrogen-bond donors (Lipinski definition) is 3. The van der Waals surface area contributed by atoms with Gasteiger partial charge in [0.05, 0.1) is 6.20 Å². The number of aliphatic hydroxyl groups excluding tert-OH is 1. The maximum absolute atomic E-state index is 15.6. The van der Waals surface area contributed by atoms with Crippen molar-refractivity contribution in [3.05, 3.63) is 36.2 Å². The molecule has 2 fully saturated rings. The zero-order valence-electron chi connectivity index (χ0n) is 17.8. The van der Waals surface area contributed by atoms with Crippen molar-refractivity contribution in [1.29, 1.82) is 0 Å². The summed E-state index contributed by atoms with van der Waals surface area (Å²) >= 11 is 0. The molecule has 2 aliphatic rings. The number of nitrogens with zero attached hydrogens (tertiary/aromatic N) is 5. The van der Waals surface area contributed by atoms with E-state index in [0.29, 0.717) is 24.4 Å². The van der Waals surface area contributed by atoms with Gasteiger partial charge in [0.15, 0.2) is 17.5 Å². The predicted octanol–water partition coefficient (Wildman–Crippen LogP) is 2.44. The summed E-state index contributed by atoms with van der Waals surface area (Å²) in [5.41, 5.74) is 1.06. The Labute approximate surface area is 184 Å². The number of aliphatic hydroxyl groups is 1. The number of anilines is 2.